The minimum Gasteiger partial charge on any atom is -0.363 e. The average molecular weight is 129 g/mol. The topological polar surface area (TPSA) is 12.5 Å². The first-order valence-electron chi connectivity index (χ1n) is 3.70. The van der Waals surface area contributed by atoms with Crippen molar-refractivity contribution in [2.45, 2.75) is 26.5 Å². The molecule has 0 radical (unpaired) electrons. The molecule has 2 heteroatoms. The third kappa shape index (κ3) is 1.66. The van der Waals surface area contributed by atoms with Crippen LogP contribution in [0.2, 0.25) is 0 Å². The summed E-state index contributed by atoms with van der Waals surface area (Å²) in [6.45, 7) is 7.55. The lowest BCUT2D eigenvalue weighted by molar-refractivity contribution is -0.0808. The average Bonchev–Trinajstić information content (AvgIpc) is 1.89. The lowest BCUT2D eigenvalue weighted by Crippen LogP contribution is -2.40. The van der Waals surface area contributed by atoms with Gasteiger partial charge in [-0.05, 0) is 19.9 Å². The van der Waals surface area contributed by atoms with Crippen molar-refractivity contribution < 1.29 is 4.74 Å². The first kappa shape index (κ1) is 7.03. The van der Waals surface area contributed by atoms with Gasteiger partial charge in [0.15, 0.2) is 0 Å². The quantitative estimate of drug-likeness (QED) is 0.525. The van der Waals surface area contributed by atoms with Gasteiger partial charge in [-0.2, -0.15) is 0 Å². The van der Waals surface area contributed by atoms with Gasteiger partial charge in [0.2, 0.25) is 0 Å². The van der Waals surface area contributed by atoms with Crippen molar-refractivity contribution in [1.29, 1.82) is 0 Å². The molecule has 0 bridgehead atoms. The van der Waals surface area contributed by atoms with E-state index in [2.05, 4.69) is 18.7 Å². The predicted octanol–water partition coefficient (Wildman–Crippen LogP) is 1.07. The van der Waals surface area contributed by atoms with Gasteiger partial charge in [-0.25, -0.2) is 0 Å². The van der Waals surface area contributed by atoms with Gasteiger partial charge in [0.1, 0.15) is 6.23 Å². The van der Waals surface area contributed by atoms with E-state index in [9.17, 15) is 0 Å². The van der Waals surface area contributed by atoms with Gasteiger partial charge in [-0.3, -0.25) is 4.90 Å². The molecular formula is C7H15NO. The van der Waals surface area contributed by atoms with Crippen molar-refractivity contribution in [2.75, 3.05) is 19.7 Å². The van der Waals surface area contributed by atoms with Crippen LogP contribution >= 0.6 is 0 Å². The molecule has 1 rings (SSSR count). The van der Waals surface area contributed by atoms with E-state index >= 15 is 0 Å². The van der Waals surface area contributed by atoms with Crippen molar-refractivity contribution >= 4 is 0 Å². The van der Waals surface area contributed by atoms with Crippen molar-refractivity contribution in [3.05, 3.63) is 0 Å². The Labute approximate surface area is 56.8 Å². The number of ether oxygens (including phenoxy) is 1. The Kier molecular flexibility index (Phi) is 2.49. The Morgan fingerprint density at radius 2 is 2.44 bits per heavy atom. The van der Waals surface area contributed by atoms with Crippen LogP contribution < -0.4 is 0 Å². The minimum absolute atomic E-state index is 0.351. The molecule has 1 unspecified atom stereocenters. The normalized spacial score (nSPS) is 30.7. The summed E-state index contributed by atoms with van der Waals surface area (Å²) >= 11 is 0. The monoisotopic (exact) mass is 129 g/mol. The zero-order chi connectivity index (χ0) is 6.69. The largest absolute Gasteiger partial charge is 0.363 e. The highest BCUT2D eigenvalue weighted by Crippen LogP contribution is 2.07. The van der Waals surface area contributed by atoms with Crippen LogP contribution in [0.25, 0.3) is 0 Å². The molecule has 0 aromatic carbocycles. The highest BCUT2D eigenvalue weighted by atomic mass is 16.5. The summed E-state index contributed by atoms with van der Waals surface area (Å²) in [4.78, 5) is 2.34. The zero-order valence-electron chi connectivity index (χ0n) is 6.26. The Morgan fingerprint density at radius 1 is 1.67 bits per heavy atom. The van der Waals surface area contributed by atoms with E-state index in [0.717, 1.165) is 13.2 Å². The van der Waals surface area contributed by atoms with E-state index in [-0.39, 0.29) is 0 Å². The number of nitrogens with zero attached hydrogens (tertiary/aromatic N) is 1. The highest BCUT2D eigenvalue weighted by Gasteiger charge is 2.15. The molecule has 1 fully saturated rings. The molecule has 1 aliphatic heterocycles. The molecule has 1 atom stereocenters. The fourth-order valence-electron chi connectivity index (χ4n) is 1.22. The van der Waals surface area contributed by atoms with E-state index in [1.165, 1.54) is 13.0 Å². The van der Waals surface area contributed by atoms with E-state index in [4.69, 9.17) is 4.74 Å². The standard InChI is InChI=1S/C7H15NO/c1-3-8-5-4-6-9-7(8)2/h7H,3-6H2,1-2H3. The molecule has 1 saturated heterocycles. The molecule has 0 saturated carbocycles. The van der Waals surface area contributed by atoms with Crippen LogP contribution in [-0.2, 0) is 4.74 Å². The molecule has 0 aliphatic carbocycles. The Bertz CT molecular complexity index is 85.0. The smallest absolute Gasteiger partial charge is 0.107 e. The van der Waals surface area contributed by atoms with Crippen LogP contribution in [0.1, 0.15) is 20.3 Å². The van der Waals surface area contributed by atoms with E-state index in [1.807, 2.05) is 0 Å². The van der Waals surface area contributed by atoms with Gasteiger partial charge in [-0.15, -0.1) is 0 Å². The Morgan fingerprint density at radius 3 is 2.89 bits per heavy atom. The van der Waals surface area contributed by atoms with Gasteiger partial charge in [0.25, 0.3) is 0 Å². The summed E-state index contributed by atoms with van der Waals surface area (Å²) in [5, 5.41) is 0. The lowest BCUT2D eigenvalue weighted by atomic mass is 10.3. The predicted molar refractivity (Wildman–Crippen MR) is 37.3 cm³/mol. The Balaban J connectivity index is 2.30. The number of hydrogen-bond acceptors (Lipinski definition) is 2. The maximum absolute atomic E-state index is 5.41. The third-order valence-corrected chi connectivity index (χ3v) is 1.87. The summed E-state index contributed by atoms with van der Waals surface area (Å²) in [5.74, 6) is 0. The second kappa shape index (κ2) is 3.18. The zero-order valence-corrected chi connectivity index (χ0v) is 6.26. The van der Waals surface area contributed by atoms with E-state index in [1.54, 1.807) is 0 Å². The lowest BCUT2D eigenvalue weighted by Gasteiger charge is -2.31. The summed E-state index contributed by atoms with van der Waals surface area (Å²) in [6.07, 6.45) is 1.54. The van der Waals surface area contributed by atoms with Crippen LogP contribution in [0, 0.1) is 0 Å². The summed E-state index contributed by atoms with van der Waals surface area (Å²) in [5.41, 5.74) is 0. The van der Waals surface area contributed by atoms with Gasteiger partial charge >= 0.3 is 0 Å². The Hall–Kier alpha value is -0.0800. The molecule has 0 spiro atoms. The number of rotatable bonds is 1. The molecule has 0 aromatic heterocycles. The molecule has 54 valence electrons. The maximum atomic E-state index is 5.41. The summed E-state index contributed by atoms with van der Waals surface area (Å²) in [6, 6.07) is 0. The van der Waals surface area contributed by atoms with Crippen molar-refractivity contribution in [2.24, 2.45) is 0 Å². The van der Waals surface area contributed by atoms with Gasteiger partial charge in [0.05, 0.1) is 0 Å². The molecule has 2 nitrogen and oxygen atoms in total. The van der Waals surface area contributed by atoms with Crippen LogP contribution in [0.15, 0.2) is 0 Å². The van der Waals surface area contributed by atoms with Crippen LogP contribution in [0.5, 0.6) is 0 Å². The first-order chi connectivity index (χ1) is 4.34. The molecule has 0 aromatic rings. The summed E-state index contributed by atoms with van der Waals surface area (Å²) in [7, 11) is 0. The third-order valence-electron chi connectivity index (χ3n) is 1.87. The highest BCUT2D eigenvalue weighted by molar-refractivity contribution is 4.61. The molecule has 0 amide bonds. The van der Waals surface area contributed by atoms with Crippen LogP contribution in [0.3, 0.4) is 0 Å². The fourth-order valence-corrected chi connectivity index (χ4v) is 1.22. The molecule has 0 N–H and O–H groups in total. The molecular weight excluding hydrogens is 114 g/mol. The van der Waals surface area contributed by atoms with Gasteiger partial charge in [0, 0.05) is 13.2 Å². The van der Waals surface area contributed by atoms with Gasteiger partial charge < -0.3 is 4.74 Å². The second-order valence-electron chi connectivity index (χ2n) is 2.45. The molecule has 1 heterocycles. The van der Waals surface area contributed by atoms with Crippen LogP contribution in [-0.4, -0.2) is 30.8 Å². The van der Waals surface area contributed by atoms with E-state index < -0.39 is 0 Å². The minimum atomic E-state index is 0.351. The molecule has 1 aliphatic rings. The van der Waals surface area contributed by atoms with Crippen molar-refractivity contribution in [3.63, 3.8) is 0 Å². The van der Waals surface area contributed by atoms with Crippen LogP contribution in [0.4, 0.5) is 0 Å². The second-order valence-corrected chi connectivity index (χ2v) is 2.45. The molecule has 9 heavy (non-hydrogen) atoms. The summed E-state index contributed by atoms with van der Waals surface area (Å²) < 4.78 is 5.41. The van der Waals surface area contributed by atoms with Crippen molar-refractivity contribution in [1.82, 2.24) is 4.90 Å². The van der Waals surface area contributed by atoms with Gasteiger partial charge in [-0.1, -0.05) is 6.92 Å². The van der Waals surface area contributed by atoms with E-state index in [0.29, 0.717) is 6.23 Å². The fraction of sp³-hybridized carbons (Fsp3) is 1.00. The number of hydrogen-bond donors (Lipinski definition) is 0. The first-order valence-corrected chi connectivity index (χ1v) is 3.70. The van der Waals surface area contributed by atoms with Crippen molar-refractivity contribution in [3.8, 4) is 0 Å². The maximum Gasteiger partial charge on any atom is 0.107 e. The SMILES string of the molecule is CCN1CCCOC1C.